The summed E-state index contributed by atoms with van der Waals surface area (Å²) in [5, 5.41) is 13.9. The van der Waals surface area contributed by atoms with Crippen LogP contribution >= 0.6 is 0 Å². The summed E-state index contributed by atoms with van der Waals surface area (Å²) >= 11 is 0. The summed E-state index contributed by atoms with van der Waals surface area (Å²) in [5.41, 5.74) is 1.10. The van der Waals surface area contributed by atoms with E-state index in [0.717, 1.165) is 60.6 Å². The predicted molar refractivity (Wildman–Crippen MR) is 147 cm³/mol. The number of fused-ring (bicyclic) bond motifs is 1. The Kier molecular flexibility index (Phi) is 7.50. The highest BCUT2D eigenvalue weighted by molar-refractivity contribution is 5.83. The fraction of sp³-hybridized carbons (Fsp3) is 0.517. The standard InChI is InChI=1S/C29H37F3N6O/c1-28(2,39)20-9-11-21(12-10-20)34-25-22-13-18-37(26-23(29(30,31)32)8-7-15-33-26)19-14-24(22)36(3)27(35-25)38-16-5-4-6-17-38/h7-12,15,24,34,39H,4-6,13-14,16-19H2,1-3H3. The molecule has 0 amide bonds. The number of rotatable bonds is 4. The molecule has 0 spiro atoms. The molecule has 0 aliphatic carbocycles. The van der Waals surface area contributed by atoms with Crippen LogP contribution in [0.1, 0.15) is 57.1 Å². The van der Waals surface area contributed by atoms with Crippen LogP contribution in [-0.4, -0.2) is 65.1 Å². The number of likely N-dealkylation sites (tertiary alicyclic amines) is 1. The average Bonchev–Trinajstić information content (AvgIpc) is 3.14. The molecule has 1 atom stereocenters. The molecule has 3 aliphatic rings. The topological polar surface area (TPSA) is 67.2 Å². The molecular formula is C29H37F3N6O. The van der Waals surface area contributed by atoms with E-state index < -0.39 is 17.3 Å². The molecule has 0 bridgehead atoms. The lowest BCUT2D eigenvalue weighted by molar-refractivity contribution is -0.137. The second-order valence-electron chi connectivity index (χ2n) is 11.1. The molecule has 10 heteroatoms. The number of hydrogen-bond acceptors (Lipinski definition) is 7. The lowest BCUT2D eigenvalue weighted by Crippen LogP contribution is -2.51. The molecule has 1 aromatic heterocycles. The highest BCUT2D eigenvalue weighted by Crippen LogP contribution is 2.38. The van der Waals surface area contributed by atoms with E-state index in [1.54, 1.807) is 18.7 Å². The zero-order valence-corrected chi connectivity index (χ0v) is 22.8. The summed E-state index contributed by atoms with van der Waals surface area (Å²) in [4.78, 5) is 15.5. The zero-order valence-electron chi connectivity index (χ0n) is 22.8. The Hall–Kier alpha value is -3.27. The number of aliphatic hydroxyl groups is 1. The van der Waals surface area contributed by atoms with Gasteiger partial charge in [0.2, 0.25) is 5.96 Å². The van der Waals surface area contributed by atoms with Crippen molar-refractivity contribution in [3.8, 4) is 0 Å². The fourth-order valence-electron chi connectivity index (χ4n) is 5.76. The highest BCUT2D eigenvalue weighted by Gasteiger charge is 2.38. The van der Waals surface area contributed by atoms with E-state index in [-0.39, 0.29) is 11.9 Å². The van der Waals surface area contributed by atoms with Crippen LogP contribution in [-0.2, 0) is 11.8 Å². The van der Waals surface area contributed by atoms with Crippen molar-refractivity contribution < 1.29 is 18.3 Å². The van der Waals surface area contributed by atoms with Gasteiger partial charge in [0.05, 0.1) is 17.2 Å². The Morgan fingerprint density at radius 3 is 2.33 bits per heavy atom. The van der Waals surface area contributed by atoms with Gasteiger partial charge in [-0.15, -0.1) is 0 Å². The number of nitrogens with zero attached hydrogens (tertiary/aromatic N) is 5. The monoisotopic (exact) mass is 542 g/mol. The minimum atomic E-state index is -4.47. The van der Waals surface area contributed by atoms with Crippen molar-refractivity contribution in [2.45, 2.75) is 63.8 Å². The molecule has 2 aromatic rings. The molecule has 2 saturated heterocycles. The van der Waals surface area contributed by atoms with Crippen LogP contribution in [0.4, 0.5) is 24.7 Å². The van der Waals surface area contributed by atoms with Gasteiger partial charge in [-0.2, -0.15) is 18.2 Å². The molecule has 39 heavy (non-hydrogen) atoms. The van der Waals surface area contributed by atoms with Crippen molar-refractivity contribution in [1.29, 1.82) is 0 Å². The summed E-state index contributed by atoms with van der Waals surface area (Å²) in [7, 11) is 2.05. The van der Waals surface area contributed by atoms with E-state index in [4.69, 9.17) is 4.99 Å². The number of pyridine rings is 1. The van der Waals surface area contributed by atoms with Gasteiger partial charge in [-0.05, 0) is 81.4 Å². The molecule has 0 saturated carbocycles. The molecule has 1 aromatic carbocycles. The molecule has 0 radical (unpaired) electrons. The van der Waals surface area contributed by atoms with Gasteiger partial charge >= 0.3 is 6.18 Å². The van der Waals surface area contributed by atoms with Gasteiger partial charge in [0.25, 0.3) is 0 Å². The molecule has 4 heterocycles. The van der Waals surface area contributed by atoms with E-state index in [2.05, 4.69) is 20.1 Å². The van der Waals surface area contributed by atoms with Crippen molar-refractivity contribution in [3.63, 3.8) is 0 Å². The van der Waals surface area contributed by atoms with Gasteiger partial charge in [-0.3, -0.25) is 0 Å². The molecular weight excluding hydrogens is 505 g/mol. The third-order valence-corrected chi connectivity index (χ3v) is 7.91. The smallest absolute Gasteiger partial charge is 0.386 e. The summed E-state index contributed by atoms with van der Waals surface area (Å²) in [6.45, 7) is 6.25. The summed E-state index contributed by atoms with van der Waals surface area (Å²) in [5.74, 6) is 1.65. The van der Waals surface area contributed by atoms with Crippen LogP contribution in [0.3, 0.4) is 0 Å². The quantitative estimate of drug-likeness (QED) is 0.539. The van der Waals surface area contributed by atoms with Gasteiger partial charge in [0, 0.05) is 45.1 Å². The van der Waals surface area contributed by atoms with Gasteiger partial charge in [0.1, 0.15) is 11.6 Å². The normalized spacial score (nSPS) is 20.9. The van der Waals surface area contributed by atoms with Crippen LogP contribution < -0.4 is 10.2 Å². The Balaban J connectivity index is 1.48. The Bertz CT molecular complexity index is 1230. The number of piperidine rings is 1. The number of guanidine groups is 1. The number of likely N-dealkylation sites (N-methyl/N-ethyl adjacent to an activating group) is 1. The second-order valence-corrected chi connectivity index (χ2v) is 11.1. The van der Waals surface area contributed by atoms with Gasteiger partial charge in [-0.1, -0.05) is 12.1 Å². The highest BCUT2D eigenvalue weighted by atomic mass is 19.4. The average molecular weight is 543 g/mol. The van der Waals surface area contributed by atoms with Crippen molar-refractivity contribution >= 4 is 17.5 Å². The van der Waals surface area contributed by atoms with E-state index in [1.807, 2.05) is 31.3 Å². The van der Waals surface area contributed by atoms with Crippen LogP contribution in [0.25, 0.3) is 0 Å². The third-order valence-electron chi connectivity index (χ3n) is 7.91. The Morgan fingerprint density at radius 2 is 1.67 bits per heavy atom. The molecule has 2 fully saturated rings. The van der Waals surface area contributed by atoms with E-state index in [9.17, 15) is 18.3 Å². The number of nitrogens with one attached hydrogen (secondary N) is 1. The number of aliphatic imine (C=N–C) groups is 1. The SMILES string of the molecule is CN1C(N2CCCCC2)=NC(Nc2ccc(C(C)(C)O)cc2)=C2CCN(c3ncccc3C(F)(F)F)CCC21. The van der Waals surface area contributed by atoms with Crippen molar-refractivity contribution in [3.05, 3.63) is 65.1 Å². The lowest BCUT2D eigenvalue weighted by Gasteiger charge is -2.42. The fourth-order valence-corrected chi connectivity index (χ4v) is 5.76. The van der Waals surface area contributed by atoms with E-state index in [0.29, 0.717) is 25.9 Å². The van der Waals surface area contributed by atoms with Crippen molar-refractivity contribution in [2.75, 3.05) is 43.4 Å². The van der Waals surface area contributed by atoms with Crippen LogP contribution in [0, 0.1) is 0 Å². The maximum absolute atomic E-state index is 13.8. The van der Waals surface area contributed by atoms with Gasteiger partial charge in [0.15, 0.2) is 0 Å². The first-order valence-electron chi connectivity index (χ1n) is 13.7. The number of benzene rings is 1. The first kappa shape index (κ1) is 27.3. The maximum atomic E-state index is 13.8. The summed E-state index contributed by atoms with van der Waals surface area (Å²) in [6.07, 6.45) is 1.60. The summed E-state index contributed by atoms with van der Waals surface area (Å²) < 4.78 is 41.4. The second kappa shape index (κ2) is 10.7. The van der Waals surface area contributed by atoms with Crippen LogP contribution in [0.5, 0.6) is 0 Å². The summed E-state index contributed by atoms with van der Waals surface area (Å²) in [6, 6.07) is 10.1. The molecule has 210 valence electrons. The lowest BCUT2D eigenvalue weighted by atomic mass is 9.97. The zero-order chi connectivity index (χ0) is 27.8. The number of aromatic nitrogens is 1. The molecule has 1 unspecified atom stereocenters. The number of halogens is 3. The van der Waals surface area contributed by atoms with E-state index in [1.165, 1.54) is 18.7 Å². The third kappa shape index (κ3) is 5.85. The van der Waals surface area contributed by atoms with E-state index >= 15 is 0 Å². The van der Waals surface area contributed by atoms with Crippen molar-refractivity contribution in [1.82, 2.24) is 14.8 Å². The minimum absolute atomic E-state index is 0.000578. The maximum Gasteiger partial charge on any atom is 0.419 e. The Labute approximate surface area is 228 Å². The van der Waals surface area contributed by atoms with Crippen LogP contribution in [0.2, 0.25) is 0 Å². The number of alkyl halides is 3. The van der Waals surface area contributed by atoms with Crippen LogP contribution in [0.15, 0.2) is 59.0 Å². The minimum Gasteiger partial charge on any atom is -0.386 e. The first-order valence-corrected chi connectivity index (χ1v) is 13.7. The molecule has 7 nitrogen and oxygen atoms in total. The first-order chi connectivity index (χ1) is 18.5. The predicted octanol–water partition coefficient (Wildman–Crippen LogP) is 5.41. The molecule has 5 rings (SSSR count). The molecule has 3 aliphatic heterocycles. The largest absolute Gasteiger partial charge is 0.419 e. The molecule has 2 N–H and O–H groups in total. The van der Waals surface area contributed by atoms with Gasteiger partial charge < -0.3 is 25.1 Å². The van der Waals surface area contributed by atoms with Crippen molar-refractivity contribution in [2.24, 2.45) is 4.99 Å². The Morgan fingerprint density at radius 1 is 0.949 bits per heavy atom. The number of hydrogen-bond donors (Lipinski definition) is 2. The van der Waals surface area contributed by atoms with Gasteiger partial charge in [-0.25, -0.2) is 4.98 Å². The number of anilines is 2.